The summed E-state index contributed by atoms with van der Waals surface area (Å²) >= 11 is 0. The highest BCUT2D eigenvalue weighted by Gasteiger charge is 2.12. The number of benzene rings is 2. The number of carbonyl (C=O) groups is 1. The number of ether oxygens (including phenoxy) is 3. The molecule has 0 aliphatic carbocycles. The van der Waals surface area contributed by atoms with Gasteiger partial charge in [-0.1, -0.05) is 18.2 Å². The zero-order valence-electron chi connectivity index (χ0n) is 15.0. The Morgan fingerprint density at radius 3 is 2.44 bits per heavy atom. The van der Waals surface area contributed by atoms with Crippen LogP contribution in [-0.4, -0.2) is 45.2 Å². The lowest BCUT2D eigenvalue weighted by Crippen LogP contribution is -2.31. The average Bonchev–Trinajstić information content (AvgIpc) is 2.66. The highest BCUT2D eigenvalue weighted by molar-refractivity contribution is 5.76. The molecule has 0 aliphatic heterocycles. The van der Waals surface area contributed by atoms with Gasteiger partial charge in [0.2, 0.25) is 5.91 Å². The van der Waals surface area contributed by atoms with Crippen LogP contribution >= 0.6 is 0 Å². The number of likely N-dealkylation sites (N-methyl/N-ethyl adjacent to an activating group) is 1. The third kappa shape index (κ3) is 5.71. The molecule has 0 N–H and O–H groups in total. The van der Waals surface area contributed by atoms with Gasteiger partial charge >= 0.3 is 0 Å². The van der Waals surface area contributed by atoms with Crippen LogP contribution in [0.1, 0.15) is 12.0 Å². The van der Waals surface area contributed by atoms with Crippen molar-refractivity contribution >= 4 is 5.91 Å². The van der Waals surface area contributed by atoms with E-state index in [1.807, 2.05) is 48.5 Å². The lowest BCUT2D eigenvalue weighted by molar-refractivity contribution is -0.130. The number of nitrogens with zero attached hydrogens (tertiary/aromatic N) is 1. The van der Waals surface area contributed by atoms with E-state index in [4.69, 9.17) is 14.2 Å². The van der Waals surface area contributed by atoms with E-state index >= 15 is 0 Å². The maximum atomic E-state index is 12.3. The van der Waals surface area contributed by atoms with Crippen molar-refractivity contribution in [3.8, 4) is 17.2 Å². The first-order valence-corrected chi connectivity index (χ1v) is 8.26. The van der Waals surface area contributed by atoms with Gasteiger partial charge in [0.15, 0.2) is 0 Å². The second-order valence-electron chi connectivity index (χ2n) is 5.65. The monoisotopic (exact) mass is 343 g/mol. The van der Waals surface area contributed by atoms with Crippen LogP contribution in [0.25, 0.3) is 0 Å². The predicted octanol–water partition coefficient (Wildman–Crippen LogP) is 3.17. The fraction of sp³-hybridized carbons (Fsp3) is 0.350. The second kappa shape index (κ2) is 9.57. The van der Waals surface area contributed by atoms with Crippen LogP contribution in [0.5, 0.6) is 17.2 Å². The standard InChI is InChI=1S/C20H25NO4/c1-21(13-14-25-17-7-5-4-6-8-17)20(22)12-9-16-15-18(23-2)10-11-19(16)24-3/h4-8,10-11,15H,9,12-14H2,1-3H3. The Kier molecular flexibility index (Phi) is 7.14. The first-order chi connectivity index (χ1) is 12.1. The molecule has 0 atom stereocenters. The fourth-order valence-electron chi connectivity index (χ4n) is 2.45. The first-order valence-electron chi connectivity index (χ1n) is 8.26. The molecule has 0 saturated heterocycles. The van der Waals surface area contributed by atoms with Crippen LogP contribution in [0, 0.1) is 0 Å². The Labute approximate surface area is 149 Å². The molecule has 25 heavy (non-hydrogen) atoms. The second-order valence-corrected chi connectivity index (χ2v) is 5.65. The van der Waals surface area contributed by atoms with E-state index in [9.17, 15) is 4.79 Å². The minimum Gasteiger partial charge on any atom is -0.497 e. The molecule has 1 amide bonds. The van der Waals surface area contributed by atoms with Crippen LogP contribution in [0.4, 0.5) is 0 Å². The summed E-state index contributed by atoms with van der Waals surface area (Å²) in [6.45, 7) is 1.01. The minimum atomic E-state index is 0.0709. The first kappa shape index (κ1) is 18.6. The molecule has 0 bridgehead atoms. The number of hydrogen-bond donors (Lipinski definition) is 0. The van der Waals surface area contributed by atoms with Crippen LogP contribution in [-0.2, 0) is 11.2 Å². The van der Waals surface area contributed by atoms with Crippen molar-refractivity contribution in [3.05, 3.63) is 54.1 Å². The smallest absolute Gasteiger partial charge is 0.222 e. The summed E-state index contributed by atoms with van der Waals surface area (Å²) in [6.07, 6.45) is 1.01. The predicted molar refractivity (Wildman–Crippen MR) is 97.4 cm³/mol. The topological polar surface area (TPSA) is 48.0 Å². The van der Waals surface area contributed by atoms with E-state index in [0.29, 0.717) is 26.0 Å². The molecule has 0 fully saturated rings. The average molecular weight is 343 g/mol. The van der Waals surface area contributed by atoms with Gasteiger partial charge in [-0.3, -0.25) is 4.79 Å². The number of amides is 1. The Bertz CT molecular complexity index is 673. The Morgan fingerprint density at radius 2 is 1.76 bits per heavy atom. The van der Waals surface area contributed by atoms with Crippen molar-refractivity contribution in [2.45, 2.75) is 12.8 Å². The van der Waals surface area contributed by atoms with Crippen LogP contribution in [0.2, 0.25) is 0 Å². The molecule has 0 radical (unpaired) electrons. The van der Waals surface area contributed by atoms with Gasteiger partial charge < -0.3 is 19.1 Å². The SMILES string of the molecule is COc1ccc(OC)c(CCC(=O)N(C)CCOc2ccccc2)c1. The van der Waals surface area contributed by atoms with E-state index in [-0.39, 0.29) is 5.91 Å². The zero-order valence-corrected chi connectivity index (χ0v) is 15.0. The fourth-order valence-corrected chi connectivity index (χ4v) is 2.45. The summed E-state index contributed by atoms with van der Waals surface area (Å²) < 4.78 is 16.2. The number of rotatable bonds is 9. The molecule has 0 saturated carbocycles. The van der Waals surface area contributed by atoms with Gasteiger partial charge in [0, 0.05) is 13.5 Å². The van der Waals surface area contributed by atoms with Crippen molar-refractivity contribution in [1.29, 1.82) is 0 Å². The molecule has 134 valence electrons. The summed E-state index contributed by atoms with van der Waals surface area (Å²) in [6, 6.07) is 15.2. The number of aryl methyl sites for hydroxylation is 1. The maximum Gasteiger partial charge on any atom is 0.222 e. The third-order valence-corrected chi connectivity index (χ3v) is 3.96. The molecule has 5 heteroatoms. The molecule has 0 aromatic heterocycles. The molecule has 0 spiro atoms. The van der Waals surface area contributed by atoms with Gasteiger partial charge in [-0.05, 0) is 42.3 Å². The number of methoxy groups -OCH3 is 2. The van der Waals surface area contributed by atoms with Gasteiger partial charge in [-0.15, -0.1) is 0 Å². The molecule has 5 nitrogen and oxygen atoms in total. The van der Waals surface area contributed by atoms with Crippen molar-refractivity contribution in [2.24, 2.45) is 0 Å². The molecule has 0 heterocycles. The largest absolute Gasteiger partial charge is 0.497 e. The van der Waals surface area contributed by atoms with E-state index in [1.165, 1.54) is 0 Å². The molecular weight excluding hydrogens is 318 g/mol. The highest BCUT2D eigenvalue weighted by Crippen LogP contribution is 2.25. The Morgan fingerprint density at radius 1 is 1.00 bits per heavy atom. The summed E-state index contributed by atoms with van der Waals surface area (Å²) in [5.41, 5.74) is 0.962. The summed E-state index contributed by atoms with van der Waals surface area (Å²) in [5, 5.41) is 0. The number of carbonyl (C=O) groups excluding carboxylic acids is 1. The van der Waals surface area contributed by atoms with Crippen molar-refractivity contribution in [2.75, 3.05) is 34.4 Å². The summed E-state index contributed by atoms with van der Waals surface area (Å²) in [7, 11) is 5.04. The van der Waals surface area contributed by atoms with Gasteiger partial charge in [0.25, 0.3) is 0 Å². The Hall–Kier alpha value is -2.69. The van der Waals surface area contributed by atoms with Crippen LogP contribution < -0.4 is 14.2 Å². The normalized spacial score (nSPS) is 10.2. The lowest BCUT2D eigenvalue weighted by atomic mass is 10.1. The van der Waals surface area contributed by atoms with Crippen molar-refractivity contribution in [1.82, 2.24) is 4.90 Å². The summed E-state index contributed by atoms with van der Waals surface area (Å²) in [4.78, 5) is 14.0. The molecule has 2 aromatic rings. The quantitative estimate of drug-likeness (QED) is 0.702. The van der Waals surface area contributed by atoms with E-state index in [2.05, 4.69) is 0 Å². The molecule has 0 unspecified atom stereocenters. The highest BCUT2D eigenvalue weighted by atomic mass is 16.5. The van der Waals surface area contributed by atoms with Gasteiger partial charge in [0.05, 0.1) is 20.8 Å². The third-order valence-electron chi connectivity index (χ3n) is 3.96. The van der Waals surface area contributed by atoms with Crippen LogP contribution in [0.3, 0.4) is 0 Å². The molecular formula is C20H25NO4. The van der Waals surface area contributed by atoms with Crippen molar-refractivity contribution in [3.63, 3.8) is 0 Å². The Balaban J connectivity index is 1.81. The van der Waals surface area contributed by atoms with Gasteiger partial charge in [0.1, 0.15) is 23.9 Å². The lowest BCUT2D eigenvalue weighted by Gasteiger charge is -2.18. The molecule has 0 aliphatic rings. The van der Waals surface area contributed by atoms with Crippen molar-refractivity contribution < 1.29 is 19.0 Å². The van der Waals surface area contributed by atoms with E-state index in [0.717, 1.165) is 22.8 Å². The number of para-hydroxylation sites is 1. The van der Waals surface area contributed by atoms with E-state index in [1.54, 1.807) is 26.2 Å². The van der Waals surface area contributed by atoms with E-state index < -0.39 is 0 Å². The van der Waals surface area contributed by atoms with Gasteiger partial charge in [-0.25, -0.2) is 0 Å². The molecule has 2 rings (SSSR count). The van der Waals surface area contributed by atoms with Gasteiger partial charge in [-0.2, -0.15) is 0 Å². The summed E-state index contributed by atoms with van der Waals surface area (Å²) in [5.74, 6) is 2.41. The maximum absolute atomic E-state index is 12.3. The number of hydrogen-bond acceptors (Lipinski definition) is 4. The zero-order chi connectivity index (χ0) is 18.1. The van der Waals surface area contributed by atoms with Crippen LogP contribution in [0.15, 0.2) is 48.5 Å². The minimum absolute atomic E-state index is 0.0709. The molecule has 2 aromatic carbocycles.